The van der Waals surface area contributed by atoms with Crippen LogP contribution in [0.15, 0.2) is 36.4 Å². The second-order valence-corrected chi connectivity index (χ2v) is 7.00. The van der Waals surface area contributed by atoms with Crippen molar-refractivity contribution in [3.8, 4) is 23.0 Å². The largest absolute Gasteiger partial charge is 0.493 e. The third kappa shape index (κ3) is 6.66. The third-order valence-electron chi connectivity index (χ3n) is 5.08. The van der Waals surface area contributed by atoms with Crippen LogP contribution in [-0.4, -0.2) is 28.4 Å². The summed E-state index contributed by atoms with van der Waals surface area (Å²) in [6, 6.07) is 12.4. The quantitative estimate of drug-likeness (QED) is 0.405. The molecule has 0 aliphatic carbocycles. The van der Waals surface area contributed by atoms with Gasteiger partial charge in [-0.1, -0.05) is 37.8 Å². The van der Waals surface area contributed by atoms with Gasteiger partial charge in [0.05, 0.1) is 28.4 Å². The number of unbranched alkanes of at least 4 members (excludes halogenated alkanes) is 5. The molecule has 0 saturated heterocycles. The van der Waals surface area contributed by atoms with Crippen molar-refractivity contribution in [3.63, 3.8) is 0 Å². The maximum atomic E-state index is 5.37. The lowest BCUT2D eigenvalue weighted by atomic mass is 10.0. The molecule has 0 aliphatic heterocycles. The van der Waals surface area contributed by atoms with Crippen molar-refractivity contribution < 1.29 is 18.9 Å². The lowest BCUT2D eigenvalue weighted by molar-refractivity contribution is 0.354. The number of rotatable bonds is 13. The van der Waals surface area contributed by atoms with Crippen LogP contribution >= 0.6 is 0 Å². The fourth-order valence-electron chi connectivity index (χ4n) is 3.44. The molecule has 28 heavy (non-hydrogen) atoms. The highest BCUT2D eigenvalue weighted by Gasteiger charge is 2.05. The van der Waals surface area contributed by atoms with Crippen LogP contribution < -0.4 is 18.9 Å². The summed E-state index contributed by atoms with van der Waals surface area (Å²) in [6.45, 7) is 0. The molecule has 0 aromatic heterocycles. The molecule has 0 N–H and O–H groups in total. The first-order valence-electron chi connectivity index (χ1n) is 10.1. The van der Waals surface area contributed by atoms with E-state index in [-0.39, 0.29) is 0 Å². The number of ether oxygens (including phenoxy) is 4. The Hall–Kier alpha value is -2.36. The van der Waals surface area contributed by atoms with Gasteiger partial charge in [0.15, 0.2) is 23.0 Å². The molecule has 0 amide bonds. The molecule has 0 spiro atoms. The van der Waals surface area contributed by atoms with E-state index in [0.717, 1.165) is 35.8 Å². The Morgan fingerprint density at radius 3 is 1.18 bits per heavy atom. The van der Waals surface area contributed by atoms with Gasteiger partial charge < -0.3 is 18.9 Å². The summed E-state index contributed by atoms with van der Waals surface area (Å²) in [5.74, 6) is 3.21. The van der Waals surface area contributed by atoms with Crippen LogP contribution in [0.4, 0.5) is 0 Å². The second kappa shape index (κ2) is 12.2. The number of hydrogen-bond acceptors (Lipinski definition) is 4. The molecule has 0 unspecified atom stereocenters. The first-order chi connectivity index (χ1) is 13.7. The molecule has 154 valence electrons. The molecule has 4 nitrogen and oxygen atoms in total. The van der Waals surface area contributed by atoms with E-state index in [1.54, 1.807) is 28.4 Å². The standard InChI is InChI=1S/C24H34O4/c1-25-21-15-13-19(17-23(21)27-3)11-9-7-5-6-8-10-12-20-14-16-22(26-2)24(18-20)28-4/h13-18H,5-12H2,1-4H3. The summed E-state index contributed by atoms with van der Waals surface area (Å²) in [6.07, 6.45) is 9.72. The highest BCUT2D eigenvalue weighted by molar-refractivity contribution is 5.43. The maximum absolute atomic E-state index is 5.37. The van der Waals surface area contributed by atoms with Crippen molar-refractivity contribution in [2.75, 3.05) is 28.4 Å². The molecule has 4 heteroatoms. The van der Waals surface area contributed by atoms with Crippen LogP contribution in [0.2, 0.25) is 0 Å². The van der Waals surface area contributed by atoms with Gasteiger partial charge in [0, 0.05) is 0 Å². The van der Waals surface area contributed by atoms with Crippen LogP contribution in [0.5, 0.6) is 23.0 Å². The molecule has 0 heterocycles. The molecule has 2 aromatic carbocycles. The van der Waals surface area contributed by atoms with E-state index in [1.807, 2.05) is 12.1 Å². The minimum atomic E-state index is 0.792. The van der Waals surface area contributed by atoms with Crippen LogP contribution in [0.3, 0.4) is 0 Å². The summed E-state index contributed by atoms with van der Waals surface area (Å²) >= 11 is 0. The molecular weight excluding hydrogens is 352 g/mol. The van der Waals surface area contributed by atoms with E-state index >= 15 is 0 Å². The highest BCUT2D eigenvalue weighted by atomic mass is 16.5. The minimum Gasteiger partial charge on any atom is -0.493 e. The van der Waals surface area contributed by atoms with Gasteiger partial charge in [-0.15, -0.1) is 0 Å². The Balaban J connectivity index is 1.60. The first kappa shape index (κ1) is 21.9. The number of methoxy groups -OCH3 is 4. The van der Waals surface area contributed by atoms with E-state index in [4.69, 9.17) is 18.9 Å². The molecule has 0 bridgehead atoms. The van der Waals surface area contributed by atoms with Crippen molar-refractivity contribution >= 4 is 0 Å². The SMILES string of the molecule is COc1ccc(CCCCCCCCc2ccc(OC)c(OC)c2)cc1OC. The van der Waals surface area contributed by atoms with E-state index < -0.39 is 0 Å². The second-order valence-electron chi connectivity index (χ2n) is 7.00. The first-order valence-corrected chi connectivity index (χ1v) is 10.1. The Morgan fingerprint density at radius 1 is 0.464 bits per heavy atom. The summed E-state index contributed by atoms with van der Waals surface area (Å²) in [5.41, 5.74) is 2.62. The number of hydrogen-bond donors (Lipinski definition) is 0. The van der Waals surface area contributed by atoms with Gasteiger partial charge >= 0.3 is 0 Å². The number of aryl methyl sites for hydroxylation is 2. The average molecular weight is 387 g/mol. The van der Waals surface area contributed by atoms with E-state index in [1.165, 1.54) is 49.7 Å². The predicted molar refractivity (Wildman–Crippen MR) is 114 cm³/mol. The van der Waals surface area contributed by atoms with Crippen molar-refractivity contribution in [1.29, 1.82) is 0 Å². The summed E-state index contributed by atoms with van der Waals surface area (Å²) in [4.78, 5) is 0. The van der Waals surface area contributed by atoms with Gasteiger partial charge in [-0.05, 0) is 61.1 Å². The van der Waals surface area contributed by atoms with E-state index in [2.05, 4.69) is 24.3 Å². The lowest BCUT2D eigenvalue weighted by Gasteiger charge is -2.10. The zero-order valence-corrected chi connectivity index (χ0v) is 17.8. The smallest absolute Gasteiger partial charge is 0.160 e. The molecule has 0 atom stereocenters. The Bertz CT molecular complexity index is 650. The van der Waals surface area contributed by atoms with Crippen LogP contribution in [-0.2, 0) is 12.8 Å². The Labute approximate surface area is 169 Å². The summed E-state index contributed by atoms with van der Waals surface area (Å²) < 4.78 is 21.3. The molecule has 0 saturated carbocycles. The van der Waals surface area contributed by atoms with Gasteiger partial charge in [0.2, 0.25) is 0 Å². The van der Waals surface area contributed by atoms with Crippen LogP contribution in [0, 0.1) is 0 Å². The monoisotopic (exact) mass is 386 g/mol. The average Bonchev–Trinajstić information content (AvgIpc) is 2.75. The van der Waals surface area contributed by atoms with Crippen molar-refractivity contribution in [2.24, 2.45) is 0 Å². The lowest BCUT2D eigenvalue weighted by Crippen LogP contribution is -1.93. The zero-order chi connectivity index (χ0) is 20.2. The fourth-order valence-corrected chi connectivity index (χ4v) is 3.44. The maximum Gasteiger partial charge on any atom is 0.160 e. The van der Waals surface area contributed by atoms with Gasteiger partial charge in [0.1, 0.15) is 0 Å². The van der Waals surface area contributed by atoms with E-state index in [9.17, 15) is 0 Å². The van der Waals surface area contributed by atoms with Gasteiger partial charge in [-0.25, -0.2) is 0 Å². The summed E-state index contributed by atoms with van der Waals surface area (Å²) in [5, 5.41) is 0. The minimum absolute atomic E-state index is 0.792. The topological polar surface area (TPSA) is 36.9 Å². The molecular formula is C24H34O4. The fraction of sp³-hybridized carbons (Fsp3) is 0.500. The van der Waals surface area contributed by atoms with Gasteiger partial charge in [0.25, 0.3) is 0 Å². The molecule has 0 aliphatic rings. The van der Waals surface area contributed by atoms with Crippen molar-refractivity contribution in [1.82, 2.24) is 0 Å². The molecule has 2 rings (SSSR count). The van der Waals surface area contributed by atoms with Crippen molar-refractivity contribution in [2.45, 2.75) is 51.4 Å². The molecule has 2 aromatic rings. The van der Waals surface area contributed by atoms with Crippen LogP contribution in [0.1, 0.15) is 49.7 Å². The zero-order valence-electron chi connectivity index (χ0n) is 17.8. The van der Waals surface area contributed by atoms with Gasteiger partial charge in [-0.3, -0.25) is 0 Å². The van der Waals surface area contributed by atoms with Crippen molar-refractivity contribution in [3.05, 3.63) is 47.5 Å². The highest BCUT2D eigenvalue weighted by Crippen LogP contribution is 2.29. The predicted octanol–water partition coefficient (Wildman–Crippen LogP) is 5.85. The third-order valence-corrected chi connectivity index (χ3v) is 5.08. The summed E-state index contributed by atoms with van der Waals surface area (Å²) in [7, 11) is 6.71. The number of benzene rings is 2. The molecule has 0 radical (unpaired) electrons. The van der Waals surface area contributed by atoms with Gasteiger partial charge in [-0.2, -0.15) is 0 Å². The van der Waals surface area contributed by atoms with E-state index in [0.29, 0.717) is 0 Å². The normalized spacial score (nSPS) is 10.6. The van der Waals surface area contributed by atoms with Crippen LogP contribution in [0.25, 0.3) is 0 Å². The Kier molecular flexibility index (Phi) is 9.53. The Morgan fingerprint density at radius 2 is 0.821 bits per heavy atom. The molecule has 0 fully saturated rings.